The summed E-state index contributed by atoms with van der Waals surface area (Å²) in [5.74, 6) is 6.29. The van der Waals surface area contributed by atoms with Crippen LogP contribution in [0.2, 0.25) is 0 Å². The lowest BCUT2D eigenvalue weighted by atomic mass is 9.89. The summed E-state index contributed by atoms with van der Waals surface area (Å²) >= 11 is 0. The molecule has 3 N–H and O–H groups in total. The second-order valence-electron chi connectivity index (χ2n) is 5.23. The predicted molar refractivity (Wildman–Crippen MR) is 75.5 cm³/mol. The van der Waals surface area contributed by atoms with Crippen molar-refractivity contribution in [2.75, 3.05) is 12.0 Å². The average molecular weight is 281 g/mol. The summed E-state index contributed by atoms with van der Waals surface area (Å²) in [7, 11) is 0. The maximum Gasteiger partial charge on any atom is 0.324 e. The van der Waals surface area contributed by atoms with Crippen molar-refractivity contribution in [3.05, 3.63) is 0 Å². The van der Waals surface area contributed by atoms with Gasteiger partial charge in [0, 0.05) is 0 Å². The summed E-state index contributed by atoms with van der Waals surface area (Å²) in [6.45, 7) is 4.81. The van der Waals surface area contributed by atoms with Crippen LogP contribution < -0.4 is 20.7 Å². The summed E-state index contributed by atoms with van der Waals surface area (Å²) in [6.07, 6.45) is 5.54. The van der Waals surface area contributed by atoms with E-state index in [-0.39, 0.29) is 24.1 Å². The number of anilines is 1. The normalized spacial score (nSPS) is 22.4. The van der Waals surface area contributed by atoms with Gasteiger partial charge in [-0.05, 0) is 31.6 Å². The fourth-order valence-corrected chi connectivity index (χ4v) is 2.35. The molecule has 1 aliphatic carbocycles. The zero-order valence-corrected chi connectivity index (χ0v) is 12.1. The molecule has 0 amide bonds. The Morgan fingerprint density at radius 1 is 1.25 bits per heavy atom. The second kappa shape index (κ2) is 7.23. The summed E-state index contributed by atoms with van der Waals surface area (Å²) < 4.78 is 11.3. The van der Waals surface area contributed by atoms with Crippen LogP contribution in [0.1, 0.15) is 46.0 Å². The molecule has 0 saturated heterocycles. The van der Waals surface area contributed by atoms with Gasteiger partial charge >= 0.3 is 12.0 Å². The minimum Gasteiger partial charge on any atom is -0.463 e. The van der Waals surface area contributed by atoms with Gasteiger partial charge in [0.15, 0.2) is 0 Å². The molecule has 2 unspecified atom stereocenters. The van der Waals surface area contributed by atoms with E-state index in [9.17, 15) is 0 Å². The number of hydrazine groups is 1. The number of ether oxygens (including phenoxy) is 2. The third-order valence-corrected chi connectivity index (χ3v) is 3.32. The van der Waals surface area contributed by atoms with Gasteiger partial charge in [0.05, 0.1) is 6.61 Å². The minimum atomic E-state index is 0.158. The largest absolute Gasteiger partial charge is 0.463 e. The standard InChI is InChI=1S/C13H23N5O2/c1-3-7-19-12-15-11(18-14)16-13(17-12)20-10-6-4-5-9(2)8-10/h9-10H,3-8,14H2,1-2H3,(H,15,16,17,18). The topological polar surface area (TPSA) is 95.2 Å². The van der Waals surface area contributed by atoms with Crippen molar-refractivity contribution >= 4 is 5.95 Å². The molecule has 0 aromatic carbocycles. The Bertz CT molecular complexity index is 429. The SMILES string of the molecule is CCCOc1nc(NN)nc(OC2CCCC(C)C2)n1. The number of hydrogen-bond donors (Lipinski definition) is 2. The number of aromatic nitrogens is 3. The highest BCUT2D eigenvalue weighted by atomic mass is 16.5. The van der Waals surface area contributed by atoms with E-state index >= 15 is 0 Å². The van der Waals surface area contributed by atoms with E-state index in [4.69, 9.17) is 15.3 Å². The van der Waals surface area contributed by atoms with E-state index in [1.165, 1.54) is 12.8 Å². The number of nitrogens with one attached hydrogen (secondary N) is 1. The molecule has 1 aromatic rings. The molecule has 0 bridgehead atoms. The molecule has 20 heavy (non-hydrogen) atoms. The maximum absolute atomic E-state index is 5.85. The zero-order valence-electron chi connectivity index (χ0n) is 12.1. The molecule has 1 heterocycles. The Morgan fingerprint density at radius 3 is 2.75 bits per heavy atom. The third kappa shape index (κ3) is 4.19. The molecular weight excluding hydrogens is 258 g/mol. The number of rotatable bonds is 6. The van der Waals surface area contributed by atoms with E-state index in [0.717, 1.165) is 19.3 Å². The molecule has 0 aliphatic heterocycles. The lowest BCUT2D eigenvalue weighted by Gasteiger charge is -2.26. The van der Waals surface area contributed by atoms with Crippen molar-refractivity contribution in [3.63, 3.8) is 0 Å². The molecule has 7 nitrogen and oxygen atoms in total. The van der Waals surface area contributed by atoms with Crippen molar-refractivity contribution in [2.24, 2.45) is 11.8 Å². The van der Waals surface area contributed by atoms with Crippen LogP contribution in [-0.2, 0) is 0 Å². The average Bonchev–Trinajstić information content (AvgIpc) is 2.45. The molecule has 112 valence electrons. The summed E-state index contributed by atoms with van der Waals surface area (Å²) in [5.41, 5.74) is 2.41. The van der Waals surface area contributed by atoms with E-state index in [1.54, 1.807) is 0 Å². The Labute approximate surface area is 119 Å². The molecular formula is C13H23N5O2. The van der Waals surface area contributed by atoms with Gasteiger partial charge in [-0.15, -0.1) is 4.98 Å². The first-order valence-corrected chi connectivity index (χ1v) is 7.23. The van der Waals surface area contributed by atoms with Gasteiger partial charge in [-0.3, -0.25) is 5.43 Å². The number of hydrogen-bond acceptors (Lipinski definition) is 7. The lowest BCUT2D eigenvalue weighted by molar-refractivity contribution is 0.116. The van der Waals surface area contributed by atoms with Crippen molar-refractivity contribution in [2.45, 2.75) is 52.1 Å². The summed E-state index contributed by atoms with van der Waals surface area (Å²) in [5, 5.41) is 0. The van der Waals surface area contributed by atoms with Crippen molar-refractivity contribution in [3.8, 4) is 12.0 Å². The van der Waals surface area contributed by atoms with Gasteiger partial charge < -0.3 is 9.47 Å². The highest BCUT2D eigenvalue weighted by molar-refractivity contribution is 5.25. The van der Waals surface area contributed by atoms with Gasteiger partial charge in [-0.25, -0.2) is 5.84 Å². The molecule has 7 heteroatoms. The first-order valence-electron chi connectivity index (χ1n) is 7.23. The Morgan fingerprint density at radius 2 is 2.05 bits per heavy atom. The highest BCUT2D eigenvalue weighted by Gasteiger charge is 2.22. The number of nitrogen functional groups attached to an aromatic ring is 1. The van der Waals surface area contributed by atoms with Gasteiger partial charge in [-0.1, -0.05) is 20.3 Å². The van der Waals surface area contributed by atoms with Gasteiger partial charge in [0.25, 0.3) is 0 Å². The molecule has 1 saturated carbocycles. The van der Waals surface area contributed by atoms with Crippen LogP contribution in [0.15, 0.2) is 0 Å². The third-order valence-electron chi connectivity index (χ3n) is 3.32. The molecule has 1 aliphatic rings. The fraction of sp³-hybridized carbons (Fsp3) is 0.769. The number of nitrogens with zero attached hydrogens (tertiary/aromatic N) is 3. The highest BCUT2D eigenvalue weighted by Crippen LogP contribution is 2.26. The van der Waals surface area contributed by atoms with Crippen LogP contribution in [0.3, 0.4) is 0 Å². The van der Waals surface area contributed by atoms with Gasteiger partial charge in [0.2, 0.25) is 5.95 Å². The van der Waals surface area contributed by atoms with Crippen molar-refractivity contribution in [1.82, 2.24) is 15.0 Å². The molecule has 2 atom stereocenters. The smallest absolute Gasteiger partial charge is 0.324 e. The van der Waals surface area contributed by atoms with Crippen molar-refractivity contribution < 1.29 is 9.47 Å². The van der Waals surface area contributed by atoms with E-state index in [2.05, 4.69) is 27.3 Å². The van der Waals surface area contributed by atoms with Crippen LogP contribution in [0.25, 0.3) is 0 Å². The maximum atomic E-state index is 5.85. The molecule has 1 aromatic heterocycles. The fourth-order valence-electron chi connectivity index (χ4n) is 2.35. The van der Waals surface area contributed by atoms with Crippen LogP contribution in [0.4, 0.5) is 5.95 Å². The molecule has 2 rings (SSSR count). The van der Waals surface area contributed by atoms with Gasteiger partial charge in [0.1, 0.15) is 6.10 Å². The van der Waals surface area contributed by atoms with Crippen molar-refractivity contribution in [1.29, 1.82) is 0 Å². The Balaban J connectivity index is 2.05. The Hall–Kier alpha value is -1.63. The van der Waals surface area contributed by atoms with E-state index < -0.39 is 0 Å². The predicted octanol–water partition coefficient (Wildman–Crippen LogP) is 1.90. The Kier molecular flexibility index (Phi) is 5.34. The zero-order chi connectivity index (χ0) is 14.4. The van der Waals surface area contributed by atoms with Gasteiger partial charge in [-0.2, -0.15) is 9.97 Å². The minimum absolute atomic E-state index is 0.158. The molecule has 0 radical (unpaired) electrons. The van der Waals surface area contributed by atoms with E-state index in [0.29, 0.717) is 12.5 Å². The second-order valence-corrected chi connectivity index (χ2v) is 5.23. The number of nitrogens with two attached hydrogens (primary N) is 1. The van der Waals surface area contributed by atoms with Crippen LogP contribution >= 0.6 is 0 Å². The lowest BCUT2D eigenvalue weighted by Crippen LogP contribution is -2.25. The summed E-state index contributed by atoms with van der Waals surface area (Å²) in [6, 6.07) is 0.520. The molecule has 1 fully saturated rings. The monoisotopic (exact) mass is 281 g/mol. The first-order chi connectivity index (χ1) is 9.71. The van der Waals surface area contributed by atoms with Crippen LogP contribution in [0, 0.1) is 5.92 Å². The van der Waals surface area contributed by atoms with Crippen LogP contribution in [-0.4, -0.2) is 27.7 Å². The van der Waals surface area contributed by atoms with Crippen LogP contribution in [0.5, 0.6) is 12.0 Å². The molecule has 0 spiro atoms. The van der Waals surface area contributed by atoms with E-state index in [1.807, 2.05) is 6.92 Å². The quantitative estimate of drug-likeness (QED) is 0.607. The first kappa shape index (κ1) is 14.8. The summed E-state index contributed by atoms with van der Waals surface area (Å²) in [4.78, 5) is 12.3.